The molecule has 0 unspecified atom stereocenters. The fourth-order valence-corrected chi connectivity index (χ4v) is 1.72. The average Bonchev–Trinajstić information content (AvgIpc) is 2.37. The summed E-state index contributed by atoms with van der Waals surface area (Å²) in [6, 6.07) is 0.0786. The maximum Gasteiger partial charge on any atom is 0.339 e. The standard InChI is InChI=1S/C13H20N4O3/c1-4-17(7-12(18)16-9(2)3)6-11-10(13(19)20)5-14-8-15-11/h5,8-9H,4,6-7H2,1-3H3,(H,16,18)(H,19,20). The molecule has 0 aliphatic carbocycles. The number of amides is 1. The minimum atomic E-state index is -1.07. The van der Waals surface area contributed by atoms with Crippen LogP contribution in [-0.4, -0.2) is 51.0 Å². The number of nitrogens with zero attached hydrogens (tertiary/aromatic N) is 3. The fourth-order valence-electron chi connectivity index (χ4n) is 1.72. The van der Waals surface area contributed by atoms with E-state index in [4.69, 9.17) is 5.11 Å². The summed E-state index contributed by atoms with van der Waals surface area (Å²) in [5, 5.41) is 11.9. The summed E-state index contributed by atoms with van der Waals surface area (Å²) in [6.45, 7) is 6.81. The number of hydrogen-bond donors (Lipinski definition) is 2. The normalized spacial score (nSPS) is 10.8. The molecule has 7 heteroatoms. The number of carboxylic acids is 1. The third kappa shape index (κ3) is 4.93. The van der Waals surface area contributed by atoms with Gasteiger partial charge in [0, 0.05) is 18.8 Å². The van der Waals surface area contributed by atoms with Crippen LogP contribution >= 0.6 is 0 Å². The molecule has 0 fully saturated rings. The Morgan fingerprint density at radius 1 is 1.45 bits per heavy atom. The number of carbonyl (C=O) groups excluding carboxylic acids is 1. The number of carboxylic acid groups (broad SMARTS) is 1. The summed E-state index contributed by atoms with van der Waals surface area (Å²) in [4.78, 5) is 32.3. The van der Waals surface area contributed by atoms with E-state index in [1.54, 1.807) is 0 Å². The van der Waals surface area contributed by atoms with Gasteiger partial charge < -0.3 is 10.4 Å². The number of aromatic nitrogens is 2. The van der Waals surface area contributed by atoms with E-state index in [1.165, 1.54) is 12.5 Å². The molecule has 0 spiro atoms. The number of rotatable bonds is 7. The lowest BCUT2D eigenvalue weighted by Gasteiger charge is -2.20. The first-order valence-electron chi connectivity index (χ1n) is 6.48. The smallest absolute Gasteiger partial charge is 0.339 e. The Kier molecular flexibility index (Phi) is 6.05. The van der Waals surface area contributed by atoms with E-state index in [0.717, 1.165) is 0 Å². The van der Waals surface area contributed by atoms with Crippen LogP contribution in [-0.2, 0) is 11.3 Å². The molecule has 0 aliphatic rings. The number of hydrogen-bond acceptors (Lipinski definition) is 5. The van der Waals surface area contributed by atoms with Crippen molar-refractivity contribution in [2.75, 3.05) is 13.1 Å². The monoisotopic (exact) mass is 280 g/mol. The second-order valence-electron chi connectivity index (χ2n) is 4.71. The number of nitrogens with one attached hydrogen (secondary N) is 1. The number of carbonyl (C=O) groups is 2. The second-order valence-corrected chi connectivity index (χ2v) is 4.71. The molecule has 0 atom stereocenters. The van der Waals surface area contributed by atoms with Gasteiger partial charge in [-0.2, -0.15) is 0 Å². The summed E-state index contributed by atoms with van der Waals surface area (Å²) in [6.07, 6.45) is 2.58. The highest BCUT2D eigenvalue weighted by Gasteiger charge is 2.16. The predicted molar refractivity (Wildman–Crippen MR) is 73.2 cm³/mol. The predicted octanol–water partition coefficient (Wildman–Crippen LogP) is 0.521. The lowest BCUT2D eigenvalue weighted by molar-refractivity contribution is -0.122. The molecule has 0 radical (unpaired) electrons. The van der Waals surface area contributed by atoms with E-state index in [2.05, 4.69) is 15.3 Å². The van der Waals surface area contributed by atoms with Crippen LogP contribution in [0.5, 0.6) is 0 Å². The van der Waals surface area contributed by atoms with Crippen LogP contribution in [0.15, 0.2) is 12.5 Å². The van der Waals surface area contributed by atoms with Crippen molar-refractivity contribution in [3.63, 3.8) is 0 Å². The van der Waals surface area contributed by atoms with Gasteiger partial charge in [0.15, 0.2) is 0 Å². The highest BCUT2D eigenvalue weighted by atomic mass is 16.4. The van der Waals surface area contributed by atoms with Crippen molar-refractivity contribution in [2.45, 2.75) is 33.4 Å². The Labute approximate surface area is 118 Å². The van der Waals surface area contributed by atoms with Crippen molar-refractivity contribution in [3.05, 3.63) is 23.8 Å². The van der Waals surface area contributed by atoms with Crippen molar-refractivity contribution in [1.29, 1.82) is 0 Å². The molecule has 7 nitrogen and oxygen atoms in total. The highest BCUT2D eigenvalue weighted by molar-refractivity contribution is 5.88. The molecule has 20 heavy (non-hydrogen) atoms. The van der Waals surface area contributed by atoms with Gasteiger partial charge in [-0.3, -0.25) is 9.69 Å². The number of aromatic carboxylic acids is 1. The topological polar surface area (TPSA) is 95.4 Å². The summed E-state index contributed by atoms with van der Waals surface area (Å²) in [7, 11) is 0. The Morgan fingerprint density at radius 2 is 2.15 bits per heavy atom. The van der Waals surface area contributed by atoms with E-state index in [0.29, 0.717) is 18.8 Å². The fraction of sp³-hybridized carbons (Fsp3) is 0.538. The van der Waals surface area contributed by atoms with Gasteiger partial charge in [-0.25, -0.2) is 14.8 Å². The van der Waals surface area contributed by atoms with Crippen LogP contribution in [0.4, 0.5) is 0 Å². The van der Waals surface area contributed by atoms with Gasteiger partial charge in [0.2, 0.25) is 5.91 Å². The van der Waals surface area contributed by atoms with Gasteiger partial charge in [-0.05, 0) is 20.4 Å². The van der Waals surface area contributed by atoms with Gasteiger partial charge in [0.1, 0.15) is 11.9 Å². The molecule has 1 heterocycles. The van der Waals surface area contributed by atoms with Crippen LogP contribution in [0, 0.1) is 0 Å². The molecular formula is C13H20N4O3. The Balaban J connectivity index is 2.74. The van der Waals surface area contributed by atoms with Crippen LogP contribution in [0.1, 0.15) is 36.8 Å². The van der Waals surface area contributed by atoms with E-state index >= 15 is 0 Å². The SMILES string of the molecule is CCN(CC(=O)NC(C)C)Cc1ncncc1C(=O)O. The van der Waals surface area contributed by atoms with Gasteiger partial charge in [-0.1, -0.05) is 6.92 Å². The molecule has 1 aromatic heterocycles. The van der Waals surface area contributed by atoms with Crippen molar-refractivity contribution in [1.82, 2.24) is 20.2 Å². The molecule has 2 N–H and O–H groups in total. The van der Waals surface area contributed by atoms with Crippen molar-refractivity contribution in [2.24, 2.45) is 0 Å². The first-order valence-corrected chi connectivity index (χ1v) is 6.48. The molecule has 0 bridgehead atoms. The average molecular weight is 280 g/mol. The molecule has 0 aliphatic heterocycles. The first kappa shape index (κ1) is 16.0. The summed E-state index contributed by atoms with van der Waals surface area (Å²) < 4.78 is 0. The molecule has 1 amide bonds. The van der Waals surface area contributed by atoms with Crippen LogP contribution in [0.3, 0.4) is 0 Å². The van der Waals surface area contributed by atoms with E-state index < -0.39 is 5.97 Å². The van der Waals surface area contributed by atoms with Gasteiger partial charge in [0.05, 0.1) is 12.2 Å². The van der Waals surface area contributed by atoms with Crippen molar-refractivity contribution in [3.8, 4) is 0 Å². The van der Waals surface area contributed by atoms with Crippen molar-refractivity contribution >= 4 is 11.9 Å². The molecule has 0 saturated carbocycles. The Bertz CT molecular complexity index is 476. The molecule has 1 aromatic rings. The molecule has 0 aromatic carbocycles. The van der Waals surface area contributed by atoms with Crippen LogP contribution in [0.25, 0.3) is 0 Å². The largest absolute Gasteiger partial charge is 0.478 e. The Hall–Kier alpha value is -2.02. The zero-order valence-electron chi connectivity index (χ0n) is 12.0. The van der Waals surface area contributed by atoms with E-state index in [1.807, 2.05) is 25.7 Å². The number of likely N-dealkylation sites (N-methyl/N-ethyl adjacent to an activating group) is 1. The summed E-state index contributed by atoms with van der Waals surface area (Å²) in [5.74, 6) is -1.16. The van der Waals surface area contributed by atoms with Gasteiger partial charge in [0.25, 0.3) is 0 Å². The van der Waals surface area contributed by atoms with Crippen molar-refractivity contribution < 1.29 is 14.7 Å². The molecule has 0 saturated heterocycles. The molecule has 110 valence electrons. The zero-order chi connectivity index (χ0) is 15.1. The lowest BCUT2D eigenvalue weighted by atomic mass is 10.2. The molecule has 1 rings (SSSR count). The summed E-state index contributed by atoms with van der Waals surface area (Å²) in [5.41, 5.74) is 0.474. The summed E-state index contributed by atoms with van der Waals surface area (Å²) >= 11 is 0. The highest BCUT2D eigenvalue weighted by Crippen LogP contribution is 2.07. The maximum atomic E-state index is 11.7. The van der Waals surface area contributed by atoms with Gasteiger partial charge >= 0.3 is 5.97 Å². The minimum absolute atomic E-state index is 0.0650. The molecular weight excluding hydrogens is 260 g/mol. The lowest BCUT2D eigenvalue weighted by Crippen LogP contribution is -2.40. The van der Waals surface area contributed by atoms with Gasteiger partial charge in [-0.15, -0.1) is 0 Å². The third-order valence-corrected chi connectivity index (χ3v) is 2.66. The minimum Gasteiger partial charge on any atom is -0.478 e. The van der Waals surface area contributed by atoms with Crippen LogP contribution in [0.2, 0.25) is 0 Å². The quantitative estimate of drug-likeness (QED) is 0.756. The Morgan fingerprint density at radius 3 is 2.70 bits per heavy atom. The zero-order valence-corrected chi connectivity index (χ0v) is 12.0. The first-order chi connectivity index (χ1) is 9.43. The van der Waals surface area contributed by atoms with Crippen LogP contribution < -0.4 is 5.32 Å². The maximum absolute atomic E-state index is 11.7. The third-order valence-electron chi connectivity index (χ3n) is 2.66. The van der Waals surface area contributed by atoms with E-state index in [9.17, 15) is 9.59 Å². The van der Waals surface area contributed by atoms with E-state index in [-0.39, 0.29) is 24.1 Å². The second kappa shape index (κ2) is 7.54.